The van der Waals surface area contributed by atoms with Gasteiger partial charge in [0.1, 0.15) is 0 Å². The first-order chi connectivity index (χ1) is 11.4. The molecule has 0 N–H and O–H groups in total. The summed E-state index contributed by atoms with van der Waals surface area (Å²) in [6.07, 6.45) is 10.7. The smallest absolute Gasteiger partial charge is 0.0703 e. The molecule has 0 aromatic carbocycles. The van der Waals surface area contributed by atoms with Crippen LogP contribution in [-0.2, 0) is 4.74 Å². The van der Waals surface area contributed by atoms with Crippen molar-refractivity contribution >= 4 is 7.85 Å². The van der Waals surface area contributed by atoms with E-state index in [1.165, 1.54) is 51.4 Å². The lowest BCUT2D eigenvalue weighted by molar-refractivity contribution is -0.141. The van der Waals surface area contributed by atoms with E-state index in [0.29, 0.717) is 23.3 Å². The van der Waals surface area contributed by atoms with Gasteiger partial charge in [-0.15, -0.1) is 0 Å². The zero-order valence-electron chi connectivity index (χ0n) is 16.5. The van der Waals surface area contributed by atoms with Crippen LogP contribution in [0.15, 0.2) is 0 Å². The van der Waals surface area contributed by atoms with Gasteiger partial charge in [0.15, 0.2) is 0 Å². The zero-order valence-corrected chi connectivity index (χ0v) is 16.5. The monoisotopic (exact) mass is 331 g/mol. The zero-order chi connectivity index (χ0) is 17.3. The third-order valence-corrected chi connectivity index (χ3v) is 6.94. The van der Waals surface area contributed by atoms with E-state index in [0.717, 1.165) is 31.1 Å². The lowest BCUT2D eigenvalue weighted by atomic mass is 9.62. The number of fused-ring (bicyclic) bond motifs is 1. The largest absolute Gasteiger partial charge is 0.377 e. The first kappa shape index (κ1) is 18.8. The second-order valence-electron chi connectivity index (χ2n) is 9.60. The summed E-state index contributed by atoms with van der Waals surface area (Å²) >= 11 is 0. The summed E-state index contributed by atoms with van der Waals surface area (Å²) < 4.78 is 5.73. The average Bonchev–Trinajstić information content (AvgIpc) is 2.83. The summed E-state index contributed by atoms with van der Waals surface area (Å²) in [4.78, 5) is 2.86. The molecule has 1 spiro atoms. The van der Waals surface area contributed by atoms with Gasteiger partial charge < -0.3 is 4.74 Å². The number of nitrogens with zero attached hydrogens (tertiary/aromatic N) is 1. The summed E-state index contributed by atoms with van der Waals surface area (Å²) in [6.45, 7) is 11.4. The van der Waals surface area contributed by atoms with Gasteiger partial charge >= 0.3 is 0 Å². The van der Waals surface area contributed by atoms with E-state index in [2.05, 4.69) is 32.6 Å². The highest BCUT2D eigenvalue weighted by molar-refractivity contribution is 6.11. The molecule has 3 heteroatoms. The molecule has 3 rings (SSSR count). The molecule has 1 aliphatic carbocycles. The Hall–Kier alpha value is -0.0151. The molecule has 0 aromatic rings. The summed E-state index contributed by atoms with van der Waals surface area (Å²) in [5.41, 5.74) is 0.326. The third-order valence-electron chi connectivity index (χ3n) is 6.94. The van der Waals surface area contributed by atoms with Crippen LogP contribution in [0.4, 0.5) is 0 Å². The second kappa shape index (κ2) is 7.70. The fourth-order valence-electron chi connectivity index (χ4n) is 6.08. The molecule has 4 unspecified atom stereocenters. The summed E-state index contributed by atoms with van der Waals surface area (Å²) in [6, 6.07) is 1.34. The van der Waals surface area contributed by atoms with Crippen molar-refractivity contribution in [1.82, 2.24) is 4.90 Å². The van der Waals surface area contributed by atoms with E-state index >= 15 is 0 Å². The fourth-order valence-corrected chi connectivity index (χ4v) is 6.08. The van der Waals surface area contributed by atoms with Crippen molar-refractivity contribution in [2.24, 2.45) is 17.8 Å². The molecule has 4 atom stereocenters. The molecular weight excluding hydrogens is 293 g/mol. The van der Waals surface area contributed by atoms with Crippen molar-refractivity contribution in [3.05, 3.63) is 0 Å². The first-order valence-corrected chi connectivity index (χ1v) is 10.6. The Balaban J connectivity index is 1.89. The van der Waals surface area contributed by atoms with Crippen LogP contribution in [0, 0.1) is 17.8 Å². The van der Waals surface area contributed by atoms with E-state index in [1.54, 1.807) is 0 Å². The Labute approximate surface area is 151 Å². The second-order valence-corrected chi connectivity index (χ2v) is 9.60. The van der Waals surface area contributed by atoms with Crippen molar-refractivity contribution in [1.29, 1.82) is 0 Å². The lowest BCUT2D eigenvalue weighted by Gasteiger charge is -2.49. The van der Waals surface area contributed by atoms with Gasteiger partial charge in [-0.25, -0.2) is 0 Å². The maximum Gasteiger partial charge on any atom is 0.0703 e. The van der Waals surface area contributed by atoms with Crippen molar-refractivity contribution in [3.8, 4) is 0 Å². The van der Waals surface area contributed by atoms with Crippen LogP contribution in [0.1, 0.15) is 79.1 Å². The van der Waals surface area contributed by atoms with E-state index in [4.69, 9.17) is 12.6 Å². The first-order valence-electron chi connectivity index (χ1n) is 10.6. The third kappa shape index (κ3) is 3.58. The van der Waals surface area contributed by atoms with Gasteiger partial charge in [-0.3, -0.25) is 4.90 Å². The van der Waals surface area contributed by atoms with E-state index < -0.39 is 0 Å². The molecule has 3 fully saturated rings. The van der Waals surface area contributed by atoms with Crippen LogP contribution >= 0.6 is 0 Å². The highest BCUT2D eigenvalue weighted by Gasteiger charge is 2.57. The topological polar surface area (TPSA) is 12.5 Å². The van der Waals surface area contributed by atoms with Crippen molar-refractivity contribution in [2.75, 3.05) is 13.2 Å². The molecule has 24 heavy (non-hydrogen) atoms. The number of hydrogen-bond acceptors (Lipinski definition) is 2. The normalized spacial score (nSPS) is 37.6. The van der Waals surface area contributed by atoms with Crippen LogP contribution in [0.25, 0.3) is 0 Å². The van der Waals surface area contributed by atoms with Crippen molar-refractivity contribution < 1.29 is 4.74 Å². The molecule has 2 heterocycles. The Bertz CT molecular complexity index is 407. The molecule has 2 saturated heterocycles. The van der Waals surface area contributed by atoms with Gasteiger partial charge in [0, 0.05) is 12.1 Å². The molecule has 2 aliphatic heterocycles. The number of rotatable bonds is 3. The van der Waals surface area contributed by atoms with E-state index in [-0.39, 0.29) is 0 Å². The standard InChI is InChI=1S/C21H38BNO/c1-15(2)11-17-18-12-21(13-24-14-21)23(16(3)4)20(18)10-8-6-5-7-9-19(17)22/h15-20H,5-14H2,1-4H3. The van der Waals surface area contributed by atoms with Gasteiger partial charge in [0.25, 0.3) is 0 Å². The molecule has 1 saturated carbocycles. The van der Waals surface area contributed by atoms with Crippen LogP contribution in [0.2, 0.25) is 5.82 Å². The number of hydrogen-bond donors (Lipinski definition) is 0. The van der Waals surface area contributed by atoms with Crippen LogP contribution in [-0.4, -0.2) is 43.6 Å². The van der Waals surface area contributed by atoms with Gasteiger partial charge in [-0.2, -0.15) is 0 Å². The fraction of sp³-hybridized carbons (Fsp3) is 1.00. The van der Waals surface area contributed by atoms with Crippen LogP contribution < -0.4 is 0 Å². The molecule has 2 nitrogen and oxygen atoms in total. The van der Waals surface area contributed by atoms with Crippen LogP contribution in [0.5, 0.6) is 0 Å². The molecule has 0 aromatic heterocycles. The SMILES string of the molecule is [B]C1CCCCCCC2C(CC3(COC3)N2C(C)C)C1CC(C)C. The number of likely N-dealkylation sites (tertiary alicyclic amines) is 1. The minimum atomic E-state index is 0.326. The number of ether oxygens (including phenoxy) is 1. The van der Waals surface area contributed by atoms with Gasteiger partial charge in [0.05, 0.1) is 26.6 Å². The minimum absolute atomic E-state index is 0.326. The minimum Gasteiger partial charge on any atom is -0.377 e. The van der Waals surface area contributed by atoms with E-state index in [9.17, 15) is 0 Å². The van der Waals surface area contributed by atoms with Crippen molar-refractivity contribution in [2.45, 2.75) is 103 Å². The molecule has 0 bridgehead atoms. The Morgan fingerprint density at radius 2 is 1.71 bits per heavy atom. The maximum atomic E-state index is 6.79. The quantitative estimate of drug-likeness (QED) is 0.687. The van der Waals surface area contributed by atoms with Crippen LogP contribution in [0.3, 0.4) is 0 Å². The van der Waals surface area contributed by atoms with Crippen molar-refractivity contribution in [3.63, 3.8) is 0 Å². The maximum absolute atomic E-state index is 6.79. The average molecular weight is 331 g/mol. The molecule has 0 amide bonds. The molecular formula is C21H38BNO. The molecule has 136 valence electrons. The van der Waals surface area contributed by atoms with Gasteiger partial charge in [-0.1, -0.05) is 51.8 Å². The highest BCUT2D eigenvalue weighted by atomic mass is 16.5. The summed E-state index contributed by atoms with van der Waals surface area (Å²) in [7, 11) is 6.79. The molecule has 3 aliphatic rings. The summed E-state index contributed by atoms with van der Waals surface area (Å²) in [5, 5.41) is 0. The lowest BCUT2D eigenvalue weighted by Crippen LogP contribution is -2.62. The Morgan fingerprint density at radius 3 is 2.25 bits per heavy atom. The Morgan fingerprint density at radius 1 is 1.04 bits per heavy atom. The summed E-state index contributed by atoms with van der Waals surface area (Å²) in [5.74, 6) is 2.59. The van der Waals surface area contributed by atoms with E-state index in [1.807, 2.05) is 0 Å². The van der Waals surface area contributed by atoms with Gasteiger partial charge in [0.2, 0.25) is 0 Å². The predicted octanol–water partition coefficient (Wildman–Crippen LogP) is 4.83. The van der Waals surface area contributed by atoms with Gasteiger partial charge in [-0.05, 0) is 50.9 Å². The highest BCUT2D eigenvalue weighted by Crippen LogP contribution is 2.52. The predicted molar refractivity (Wildman–Crippen MR) is 103 cm³/mol. The molecule has 2 radical (unpaired) electrons. The Kier molecular flexibility index (Phi) is 6.02.